The lowest BCUT2D eigenvalue weighted by molar-refractivity contribution is 0.303. The van der Waals surface area contributed by atoms with Crippen molar-refractivity contribution in [1.29, 1.82) is 5.26 Å². The molecule has 0 aliphatic carbocycles. The highest BCUT2D eigenvalue weighted by atomic mass is 16.5. The highest BCUT2D eigenvalue weighted by molar-refractivity contribution is 5.45. The van der Waals surface area contributed by atoms with Crippen molar-refractivity contribution in [2.24, 2.45) is 5.73 Å². The molecule has 108 valence electrons. The van der Waals surface area contributed by atoms with Gasteiger partial charge in [-0.05, 0) is 36.4 Å². The Balaban J connectivity index is 2.01. The fraction of sp³-hybridized carbons (Fsp3) is 0.250. The first kappa shape index (κ1) is 14.8. The summed E-state index contributed by atoms with van der Waals surface area (Å²) in [5, 5.41) is 8.94. The van der Waals surface area contributed by atoms with Crippen LogP contribution < -0.4 is 15.2 Å². The smallest absolute Gasteiger partial charge is 0.138 e. The molecule has 5 heteroatoms. The van der Waals surface area contributed by atoms with E-state index in [1.54, 1.807) is 25.4 Å². The van der Waals surface area contributed by atoms with Crippen LogP contribution in [0.1, 0.15) is 16.8 Å². The van der Waals surface area contributed by atoms with Gasteiger partial charge in [0.2, 0.25) is 0 Å². The van der Waals surface area contributed by atoms with Gasteiger partial charge in [0.15, 0.2) is 0 Å². The van der Waals surface area contributed by atoms with E-state index in [0.717, 1.165) is 17.7 Å². The Hall–Kier alpha value is -2.58. The Labute approximate surface area is 123 Å². The molecule has 2 rings (SSSR count). The second-order valence-electron chi connectivity index (χ2n) is 4.46. The first-order valence-electron chi connectivity index (χ1n) is 6.61. The average molecular weight is 283 g/mol. The molecular weight excluding hydrogens is 266 g/mol. The third-order valence-corrected chi connectivity index (χ3v) is 2.99. The minimum atomic E-state index is 0.389. The van der Waals surface area contributed by atoms with Crippen LogP contribution in [0.4, 0.5) is 0 Å². The van der Waals surface area contributed by atoms with Gasteiger partial charge in [0.05, 0.1) is 18.9 Å². The first-order valence-corrected chi connectivity index (χ1v) is 6.61. The number of hydrogen-bond donors (Lipinski definition) is 1. The molecule has 0 amide bonds. The number of nitrogens with zero attached hydrogens (tertiary/aromatic N) is 2. The lowest BCUT2D eigenvalue weighted by atomic mass is 10.1. The number of pyridine rings is 1. The molecule has 0 atom stereocenters. The summed E-state index contributed by atoms with van der Waals surface area (Å²) in [7, 11) is 1.54. The summed E-state index contributed by atoms with van der Waals surface area (Å²) in [5.74, 6) is 1.24. The van der Waals surface area contributed by atoms with Crippen LogP contribution in [0, 0.1) is 11.3 Å². The van der Waals surface area contributed by atoms with Crippen LogP contribution in [0.2, 0.25) is 0 Å². The van der Waals surface area contributed by atoms with E-state index >= 15 is 0 Å². The summed E-state index contributed by atoms with van der Waals surface area (Å²) in [4.78, 5) is 4.27. The SMILES string of the molecule is COc1cc(COc2ccc(CCN)nc2)ccc1C#N. The quantitative estimate of drug-likeness (QED) is 0.877. The van der Waals surface area contributed by atoms with Crippen molar-refractivity contribution in [3.05, 3.63) is 53.3 Å². The molecule has 2 aromatic rings. The molecule has 0 saturated heterocycles. The van der Waals surface area contributed by atoms with E-state index < -0.39 is 0 Å². The van der Waals surface area contributed by atoms with E-state index in [2.05, 4.69) is 11.1 Å². The molecule has 0 spiro atoms. The van der Waals surface area contributed by atoms with Crippen molar-refractivity contribution < 1.29 is 9.47 Å². The zero-order valence-corrected chi connectivity index (χ0v) is 11.9. The normalized spacial score (nSPS) is 9.95. The second kappa shape index (κ2) is 7.27. The fourth-order valence-electron chi connectivity index (χ4n) is 1.88. The van der Waals surface area contributed by atoms with E-state index in [1.165, 1.54) is 0 Å². The van der Waals surface area contributed by atoms with Gasteiger partial charge in [0.1, 0.15) is 24.2 Å². The summed E-state index contributed by atoms with van der Waals surface area (Å²) >= 11 is 0. The number of ether oxygens (including phenoxy) is 2. The number of nitriles is 1. The maximum Gasteiger partial charge on any atom is 0.138 e. The third-order valence-electron chi connectivity index (χ3n) is 2.99. The molecule has 5 nitrogen and oxygen atoms in total. The van der Waals surface area contributed by atoms with Crippen LogP contribution in [0.5, 0.6) is 11.5 Å². The molecule has 21 heavy (non-hydrogen) atoms. The van der Waals surface area contributed by atoms with Crippen LogP contribution >= 0.6 is 0 Å². The Kier molecular flexibility index (Phi) is 5.13. The first-order chi connectivity index (χ1) is 10.3. The second-order valence-corrected chi connectivity index (χ2v) is 4.46. The van der Waals surface area contributed by atoms with Crippen LogP contribution in [0.3, 0.4) is 0 Å². The molecule has 1 aromatic carbocycles. The molecular formula is C16H17N3O2. The van der Waals surface area contributed by atoms with Gasteiger partial charge in [0, 0.05) is 12.1 Å². The molecule has 0 saturated carbocycles. The minimum Gasteiger partial charge on any atom is -0.495 e. The number of aromatic nitrogens is 1. The molecule has 0 unspecified atom stereocenters. The number of rotatable bonds is 6. The van der Waals surface area contributed by atoms with Crippen LogP contribution in [-0.2, 0) is 13.0 Å². The van der Waals surface area contributed by atoms with E-state index in [-0.39, 0.29) is 0 Å². The zero-order valence-electron chi connectivity index (χ0n) is 11.9. The standard InChI is InChI=1S/C16H17N3O2/c1-20-16-8-12(2-3-13(16)9-18)11-21-15-5-4-14(6-7-17)19-10-15/h2-5,8,10H,6-7,11,17H2,1H3. The van der Waals surface area contributed by atoms with E-state index in [9.17, 15) is 0 Å². The summed E-state index contributed by atoms with van der Waals surface area (Å²) in [5.41, 5.74) is 7.86. The van der Waals surface area contributed by atoms with Gasteiger partial charge in [0.25, 0.3) is 0 Å². The summed E-state index contributed by atoms with van der Waals surface area (Å²) < 4.78 is 10.8. The third kappa shape index (κ3) is 3.94. The van der Waals surface area contributed by atoms with E-state index in [4.69, 9.17) is 20.5 Å². The van der Waals surface area contributed by atoms with Gasteiger partial charge in [-0.2, -0.15) is 5.26 Å². The molecule has 1 aromatic heterocycles. The van der Waals surface area contributed by atoms with Gasteiger partial charge >= 0.3 is 0 Å². The summed E-state index contributed by atoms with van der Waals surface area (Å²) in [6, 6.07) is 11.2. The van der Waals surface area contributed by atoms with Gasteiger partial charge < -0.3 is 15.2 Å². The Bertz CT molecular complexity index is 633. The molecule has 0 radical (unpaired) electrons. The average Bonchev–Trinajstić information content (AvgIpc) is 2.54. The Morgan fingerprint density at radius 1 is 1.29 bits per heavy atom. The molecule has 0 aliphatic rings. The van der Waals surface area contributed by atoms with Crippen molar-refractivity contribution in [2.45, 2.75) is 13.0 Å². The lowest BCUT2D eigenvalue weighted by Gasteiger charge is -2.09. The lowest BCUT2D eigenvalue weighted by Crippen LogP contribution is -2.04. The Morgan fingerprint density at radius 2 is 2.14 bits per heavy atom. The number of nitrogens with two attached hydrogens (primary N) is 1. The van der Waals surface area contributed by atoms with Gasteiger partial charge in [-0.15, -0.1) is 0 Å². The zero-order chi connectivity index (χ0) is 15.1. The fourth-order valence-corrected chi connectivity index (χ4v) is 1.88. The highest BCUT2D eigenvalue weighted by Gasteiger charge is 2.04. The number of benzene rings is 1. The van der Waals surface area contributed by atoms with Gasteiger partial charge in [-0.1, -0.05) is 6.07 Å². The van der Waals surface area contributed by atoms with Crippen molar-refractivity contribution in [3.8, 4) is 17.6 Å². The predicted molar refractivity (Wildman–Crippen MR) is 79.0 cm³/mol. The highest BCUT2D eigenvalue weighted by Crippen LogP contribution is 2.20. The van der Waals surface area contributed by atoms with Crippen LogP contribution in [-0.4, -0.2) is 18.6 Å². The van der Waals surface area contributed by atoms with Crippen molar-refractivity contribution >= 4 is 0 Å². The predicted octanol–water partition coefficient (Wildman–Crippen LogP) is 2.04. The largest absolute Gasteiger partial charge is 0.495 e. The molecule has 2 N–H and O–H groups in total. The molecule has 0 fully saturated rings. The van der Waals surface area contributed by atoms with Crippen LogP contribution in [0.25, 0.3) is 0 Å². The van der Waals surface area contributed by atoms with Crippen molar-refractivity contribution in [3.63, 3.8) is 0 Å². The maximum absolute atomic E-state index is 8.94. The number of hydrogen-bond acceptors (Lipinski definition) is 5. The van der Waals surface area contributed by atoms with E-state index in [0.29, 0.717) is 30.2 Å². The van der Waals surface area contributed by atoms with Crippen molar-refractivity contribution in [2.75, 3.05) is 13.7 Å². The topological polar surface area (TPSA) is 81.2 Å². The van der Waals surface area contributed by atoms with Gasteiger partial charge in [-0.3, -0.25) is 4.98 Å². The van der Waals surface area contributed by atoms with Crippen LogP contribution in [0.15, 0.2) is 36.5 Å². The summed E-state index contributed by atoms with van der Waals surface area (Å²) in [6.07, 6.45) is 2.44. The minimum absolute atomic E-state index is 0.389. The number of methoxy groups -OCH3 is 1. The molecule has 0 bridgehead atoms. The summed E-state index contributed by atoms with van der Waals surface area (Å²) in [6.45, 7) is 0.970. The molecule has 1 heterocycles. The van der Waals surface area contributed by atoms with Gasteiger partial charge in [-0.25, -0.2) is 0 Å². The Morgan fingerprint density at radius 3 is 2.76 bits per heavy atom. The monoisotopic (exact) mass is 283 g/mol. The van der Waals surface area contributed by atoms with Crippen molar-refractivity contribution in [1.82, 2.24) is 4.98 Å². The van der Waals surface area contributed by atoms with E-state index in [1.807, 2.05) is 18.2 Å². The maximum atomic E-state index is 8.94. The molecule has 0 aliphatic heterocycles.